The number of aryl methyl sites for hydroxylation is 1. The van der Waals surface area contributed by atoms with Crippen LogP contribution in [0.5, 0.6) is 0 Å². The van der Waals surface area contributed by atoms with E-state index in [1.165, 1.54) is 22.0 Å². The number of hydrogen-bond acceptors (Lipinski definition) is 7. The highest BCUT2D eigenvalue weighted by Gasteiger charge is 2.23. The van der Waals surface area contributed by atoms with E-state index in [0.717, 1.165) is 12.0 Å². The molecular formula is C22H21ClN6O2S. The molecule has 32 heavy (non-hydrogen) atoms. The van der Waals surface area contributed by atoms with Crippen LogP contribution in [-0.2, 0) is 17.8 Å². The maximum absolute atomic E-state index is 12.6. The molecule has 0 saturated carbocycles. The van der Waals surface area contributed by atoms with Crippen molar-refractivity contribution in [3.8, 4) is 22.8 Å². The molecule has 0 spiro atoms. The summed E-state index contributed by atoms with van der Waals surface area (Å²) in [6, 6.07) is 14.8. The summed E-state index contributed by atoms with van der Waals surface area (Å²) in [4.78, 5) is 17.0. The average molecular weight is 469 g/mol. The first-order valence-electron chi connectivity index (χ1n) is 9.87. The zero-order chi connectivity index (χ0) is 22.7. The van der Waals surface area contributed by atoms with Crippen LogP contribution >= 0.6 is 23.4 Å². The summed E-state index contributed by atoms with van der Waals surface area (Å²) in [5.41, 5.74) is 9.50. The average Bonchev–Trinajstić information content (AvgIpc) is 3.39. The number of carbonyl (C=O) groups is 1. The van der Waals surface area contributed by atoms with Crippen molar-refractivity contribution in [2.24, 2.45) is 0 Å². The van der Waals surface area contributed by atoms with Crippen LogP contribution in [0.4, 0.5) is 11.5 Å². The van der Waals surface area contributed by atoms with Crippen molar-refractivity contribution in [1.82, 2.24) is 19.9 Å². The van der Waals surface area contributed by atoms with Crippen molar-refractivity contribution in [2.75, 3.05) is 17.3 Å². The van der Waals surface area contributed by atoms with Crippen LogP contribution in [0.3, 0.4) is 0 Å². The second-order valence-corrected chi connectivity index (χ2v) is 8.19. The van der Waals surface area contributed by atoms with E-state index in [2.05, 4.69) is 27.5 Å². The molecule has 0 aliphatic rings. The summed E-state index contributed by atoms with van der Waals surface area (Å²) in [5.74, 6) is 0.676. The van der Waals surface area contributed by atoms with Crippen molar-refractivity contribution in [2.45, 2.75) is 24.9 Å². The Morgan fingerprint density at radius 1 is 1.19 bits per heavy atom. The van der Waals surface area contributed by atoms with Crippen LogP contribution in [-0.4, -0.2) is 32.1 Å². The van der Waals surface area contributed by atoms with Gasteiger partial charge in [-0.3, -0.25) is 4.79 Å². The van der Waals surface area contributed by atoms with Gasteiger partial charge in [-0.25, -0.2) is 4.68 Å². The predicted molar refractivity (Wildman–Crippen MR) is 127 cm³/mol. The van der Waals surface area contributed by atoms with Gasteiger partial charge in [-0.2, -0.15) is 10.1 Å². The van der Waals surface area contributed by atoms with E-state index in [0.29, 0.717) is 27.1 Å². The molecule has 3 N–H and O–H groups in total. The SMILES string of the molecule is CCc1ccc(NC(=O)Cn2nc(SC)c(-c3nc(-c4ccc(Cl)cc4)no3)c2N)cc1. The first kappa shape index (κ1) is 21.9. The van der Waals surface area contributed by atoms with Crippen molar-refractivity contribution >= 4 is 40.8 Å². The fraction of sp³-hybridized carbons (Fsp3) is 0.182. The number of thioether (sulfide) groups is 1. The number of rotatable bonds is 7. The zero-order valence-corrected chi connectivity index (χ0v) is 19.1. The topological polar surface area (TPSA) is 112 Å². The first-order valence-corrected chi connectivity index (χ1v) is 11.5. The Hall–Kier alpha value is -3.30. The van der Waals surface area contributed by atoms with Crippen LogP contribution < -0.4 is 11.1 Å². The maximum Gasteiger partial charge on any atom is 0.264 e. The lowest BCUT2D eigenvalue weighted by Crippen LogP contribution is -2.20. The molecule has 0 bridgehead atoms. The predicted octanol–water partition coefficient (Wildman–Crippen LogP) is 4.76. The molecule has 8 nitrogen and oxygen atoms in total. The Balaban J connectivity index is 1.55. The third-order valence-corrected chi connectivity index (χ3v) is 5.76. The molecule has 0 aliphatic heterocycles. The molecule has 164 valence electrons. The maximum atomic E-state index is 12.6. The van der Waals surface area contributed by atoms with Crippen LogP contribution in [0.1, 0.15) is 12.5 Å². The number of aromatic nitrogens is 4. The number of carbonyl (C=O) groups excluding carboxylic acids is 1. The minimum Gasteiger partial charge on any atom is -0.383 e. The fourth-order valence-corrected chi connectivity index (χ4v) is 3.82. The summed E-state index contributed by atoms with van der Waals surface area (Å²) in [7, 11) is 0. The molecular weight excluding hydrogens is 448 g/mol. The largest absolute Gasteiger partial charge is 0.383 e. The van der Waals surface area contributed by atoms with Gasteiger partial charge in [-0.15, -0.1) is 11.8 Å². The Morgan fingerprint density at radius 3 is 2.56 bits per heavy atom. The lowest BCUT2D eigenvalue weighted by molar-refractivity contribution is -0.116. The third-order valence-electron chi connectivity index (χ3n) is 4.83. The normalized spacial score (nSPS) is 11.0. The van der Waals surface area contributed by atoms with E-state index in [1.54, 1.807) is 24.3 Å². The van der Waals surface area contributed by atoms with Gasteiger partial charge in [0.25, 0.3) is 5.89 Å². The summed E-state index contributed by atoms with van der Waals surface area (Å²) >= 11 is 7.32. The number of nitrogens with one attached hydrogen (secondary N) is 1. The van der Waals surface area contributed by atoms with Gasteiger partial charge in [0.05, 0.1) is 0 Å². The number of nitrogen functional groups attached to an aromatic ring is 1. The minimum absolute atomic E-state index is 0.0485. The van der Waals surface area contributed by atoms with E-state index in [1.807, 2.05) is 30.5 Å². The minimum atomic E-state index is -0.241. The Morgan fingerprint density at radius 2 is 1.91 bits per heavy atom. The number of amides is 1. The van der Waals surface area contributed by atoms with Crippen LogP contribution in [0.15, 0.2) is 58.1 Å². The van der Waals surface area contributed by atoms with E-state index < -0.39 is 0 Å². The molecule has 4 rings (SSSR count). The molecule has 10 heteroatoms. The molecule has 0 unspecified atom stereocenters. The molecule has 2 aromatic heterocycles. The summed E-state index contributed by atoms with van der Waals surface area (Å²) in [6.45, 7) is 2.03. The van der Waals surface area contributed by atoms with Gasteiger partial charge in [-0.1, -0.05) is 35.8 Å². The molecule has 0 saturated heterocycles. The Bertz CT molecular complexity index is 1230. The summed E-state index contributed by atoms with van der Waals surface area (Å²) in [6.07, 6.45) is 2.80. The summed E-state index contributed by atoms with van der Waals surface area (Å²) < 4.78 is 6.89. The van der Waals surface area contributed by atoms with Gasteiger partial charge in [-0.05, 0) is 54.6 Å². The van der Waals surface area contributed by atoms with E-state index in [-0.39, 0.29) is 24.2 Å². The first-order chi connectivity index (χ1) is 15.5. The van der Waals surface area contributed by atoms with Gasteiger partial charge in [0.2, 0.25) is 11.7 Å². The molecule has 4 aromatic rings. The molecule has 2 heterocycles. The van der Waals surface area contributed by atoms with Gasteiger partial charge < -0.3 is 15.6 Å². The highest BCUT2D eigenvalue weighted by Crippen LogP contribution is 2.35. The summed E-state index contributed by atoms with van der Waals surface area (Å²) in [5, 5.41) is 12.6. The monoisotopic (exact) mass is 468 g/mol. The number of nitrogens with zero attached hydrogens (tertiary/aromatic N) is 4. The van der Waals surface area contributed by atoms with E-state index in [9.17, 15) is 4.79 Å². The lowest BCUT2D eigenvalue weighted by atomic mass is 10.1. The van der Waals surface area contributed by atoms with Gasteiger partial charge in [0, 0.05) is 16.3 Å². The number of hydrogen-bond donors (Lipinski definition) is 2. The molecule has 0 atom stereocenters. The van der Waals surface area contributed by atoms with E-state index in [4.69, 9.17) is 21.9 Å². The van der Waals surface area contributed by atoms with Gasteiger partial charge in [0.15, 0.2) is 0 Å². The van der Waals surface area contributed by atoms with Gasteiger partial charge in [0.1, 0.15) is 23.0 Å². The molecule has 1 amide bonds. The zero-order valence-electron chi connectivity index (χ0n) is 17.5. The second-order valence-electron chi connectivity index (χ2n) is 6.96. The Kier molecular flexibility index (Phi) is 6.48. The number of halogens is 1. The molecule has 0 radical (unpaired) electrons. The highest BCUT2D eigenvalue weighted by atomic mass is 35.5. The quantitative estimate of drug-likeness (QED) is 0.376. The molecule has 2 aromatic carbocycles. The van der Waals surface area contributed by atoms with Crippen molar-refractivity contribution in [1.29, 1.82) is 0 Å². The van der Waals surface area contributed by atoms with E-state index >= 15 is 0 Å². The lowest BCUT2D eigenvalue weighted by Gasteiger charge is -2.07. The fourth-order valence-electron chi connectivity index (χ4n) is 3.12. The second kappa shape index (κ2) is 9.46. The van der Waals surface area contributed by atoms with Crippen molar-refractivity contribution in [3.05, 3.63) is 59.1 Å². The standard InChI is InChI=1S/C22H21ClN6O2S/c1-3-13-4-10-16(11-5-13)25-17(30)12-29-19(24)18(22(27-29)32-2)21-26-20(28-31-21)14-6-8-15(23)9-7-14/h4-11H,3,12,24H2,1-2H3,(H,25,30). The number of anilines is 2. The third kappa shape index (κ3) is 4.63. The van der Waals surface area contributed by atoms with Crippen LogP contribution in [0, 0.1) is 0 Å². The number of nitrogens with two attached hydrogens (primary N) is 1. The van der Waals surface area contributed by atoms with Gasteiger partial charge >= 0.3 is 0 Å². The molecule has 0 fully saturated rings. The van der Waals surface area contributed by atoms with Crippen molar-refractivity contribution < 1.29 is 9.32 Å². The smallest absolute Gasteiger partial charge is 0.264 e. The Labute approximate surface area is 194 Å². The molecule has 0 aliphatic carbocycles. The van der Waals surface area contributed by atoms with Crippen molar-refractivity contribution in [3.63, 3.8) is 0 Å². The van der Waals surface area contributed by atoms with Crippen LogP contribution in [0.2, 0.25) is 5.02 Å². The number of benzene rings is 2. The van der Waals surface area contributed by atoms with Crippen LogP contribution in [0.25, 0.3) is 22.8 Å². The highest BCUT2D eigenvalue weighted by molar-refractivity contribution is 7.98.